The molecule has 0 spiro atoms. The third kappa shape index (κ3) is 4.01. The summed E-state index contributed by atoms with van der Waals surface area (Å²) >= 11 is 0. The van der Waals surface area contributed by atoms with Gasteiger partial charge in [0.15, 0.2) is 0 Å². The molecule has 1 aliphatic carbocycles. The predicted molar refractivity (Wildman–Crippen MR) is 77.8 cm³/mol. The van der Waals surface area contributed by atoms with E-state index in [0.717, 1.165) is 25.3 Å². The number of hydrogen-bond donors (Lipinski definition) is 2. The average Bonchev–Trinajstić information content (AvgIpc) is 2.72. The minimum atomic E-state index is -3.88. The normalized spacial score (nSPS) is 22.2. The molecular formula is C14H19FN2O3S. The zero-order chi connectivity index (χ0) is 15.6. The molecule has 2 unspecified atom stereocenters. The largest absolute Gasteiger partial charge is 0.326 e. The minimum absolute atomic E-state index is 0.139. The van der Waals surface area contributed by atoms with Crippen LogP contribution in [0.25, 0.3) is 0 Å². The Hall–Kier alpha value is -1.47. The van der Waals surface area contributed by atoms with Crippen molar-refractivity contribution >= 4 is 21.6 Å². The number of amides is 1. The second-order valence-corrected chi connectivity index (χ2v) is 7.25. The van der Waals surface area contributed by atoms with Gasteiger partial charge in [0.1, 0.15) is 10.7 Å². The van der Waals surface area contributed by atoms with Crippen molar-refractivity contribution in [1.82, 2.24) is 4.72 Å². The number of nitrogens with one attached hydrogen (secondary N) is 2. The van der Waals surface area contributed by atoms with Crippen molar-refractivity contribution in [3.05, 3.63) is 24.0 Å². The Labute approximate surface area is 124 Å². The van der Waals surface area contributed by atoms with E-state index in [0.29, 0.717) is 5.92 Å². The first-order valence-corrected chi connectivity index (χ1v) is 8.35. The van der Waals surface area contributed by atoms with E-state index >= 15 is 0 Å². The van der Waals surface area contributed by atoms with Crippen molar-refractivity contribution in [2.45, 2.75) is 44.0 Å². The number of benzene rings is 1. The number of rotatable bonds is 4. The third-order valence-electron chi connectivity index (χ3n) is 3.56. The summed E-state index contributed by atoms with van der Waals surface area (Å²) in [7, 11) is -3.88. The van der Waals surface area contributed by atoms with Crippen molar-refractivity contribution < 1.29 is 17.6 Å². The quantitative estimate of drug-likeness (QED) is 0.895. The standard InChI is InChI=1S/C14H19FN2O3S/c1-9-3-4-12(7-9)17-21(19,20)14-6-5-11(8-13(14)15)16-10(2)18/h5-6,8-9,12,17H,3-4,7H2,1-2H3,(H,16,18). The summed E-state index contributed by atoms with van der Waals surface area (Å²) in [5.74, 6) is -0.743. The lowest BCUT2D eigenvalue weighted by molar-refractivity contribution is -0.114. The maximum absolute atomic E-state index is 14.0. The van der Waals surface area contributed by atoms with E-state index in [1.54, 1.807) is 0 Å². The van der Waals surface area contributed by atoms with Crippen LogP contribution in [0, 0.1) is 11.7 Å². The van der Waals surface area contributed by atoms with Crippen LogP contribution in [0.5, 0.6) is 0 Å². The van der Waals surface area contributed by atoms with Gasteiger partial charge in [0, 0.05) is 18.7 Å². The molecule has 0 aliphatic heterocycles. The molecule has 116 valence electrons. The predicted octanol–water partition coefficient (Wildman–Crippen LogP) is 2.25. The van der Waals surface area contributed by atoms with Gasteiger partial charge in [-0.25, -0.2) is 17.5 Å². The van der Waals surface area contributed by atoms with Gasteiger partial charge in [-0.3, -0.25) is 4.79 Å². The second kappa shape index (κ2) is 6.11. The first kappa shape index (κ1) is 15.9. The van der Waals surface area contributed by atoms with Crippen LogP contribution in [0.15, 0.2) is 23.1 Å². The first-order valence-electron chi connectivity index (χ1n) is 6.87. The van der Waals surface area contributed by atoms with Gasteiger partial charge in [0.05, 0.1) is 0 Å². The molecule has 1 fully saturated rings. The monoisotopic (exact) mass is 314 g/mol. The van der Waals surface area contributed by atoms with E-state index in [1.165, 1.54) is 19.1 Å². The Kier molecular flexibility index (Phi) is 4.63. The van der Waals surface area contributed by atoms with Crippen LogP contribution in [0.3, 0.4) is 0 Å². The molecule has 7 heteroatoms. The average molecular weight is 314 g/mol. The Balaban J connectivity index is 2.18. The fraction of sp³-hybridized carbons (Fsp3) is 0.500. The van der Waals surface area contributed by atoms with Crippen LogP contribution in [0.1, 0.15) is 33.1 Å². The summed E-state index contributed by atoms with van der Waals surface area (Å²) in [4.78, 5) is 10.5. The number of carbonyl (C=O) groups excluding carboxylic acids is 1. The molecule has 0 radical (unpaired) electrons. The van der Waals surface area contributed by atoms with Gasteiger partial charge in [-0.2, -0.15) is 0 Å². The van der Waals surface area contributed by atoms with Crippen molar-refractivity contribution in [2.75, 3.05) is 5.32 Å². The van der Waals surface area contributed by atoms with Crippen LogP contribution in [-0.4, -0.2) is 20.4 Å². The molecule has 5 nitrogen and oxygen atoms in total. The van der Waals surface area contributed by atoms with Crippen molar-refractivity contribution in [2.24, 2.45) is 5.92 Å². The smallest absolute Gasteiger partial charge is 0.243 e. The van der Waals surface area contributed by atoms with Gasteiger partial charge in [-0.1, -0.05) is 6.92 Å². The summed E-state index contributed by atoms with van der Waals surface area (Å²) in [6.07, 6.45) is 2.51. The zero-order valence-electron chi connectivity index (χ0n) is 12.0. The molecule has 2 atom stereocenters. The maximum Gasteiger partial charge on any atom is 0.243 e. The summed E-state index contributed by atoms with van der Waals surface area (Å²) in [6.45, 7) is 3.36. The molecule has 0 heterocycles. The van der Waals surface area contributed by atoms with Crippen molar-refractivity contribution in [1.29, 1.82) is 0 Å². The van der Waals surface area contributed by atoms with Gasteiger partial charge in [-0.15, -0.1) is 0 Å². The number of halogens is 1. The lowest BCUT2D eigenvalue weighted by Gasteiger charge is -2.14. The van der Waals surface area contributed by atoms with Crippen LogP contribution < -0.4 is 10.0 Å². The first-order chi connectivity index (χ1) is 9.78. The highest BCUT2D eigenvalue weighted by Gasteiger charge is 2.28. The number of hydrogen-bond acceptors (Lipinski definition) is 3. The summed E-state index contributed by atoms with van der Waals surface area (Å²) in [5, 5.41) is 2.41. The van der Waals surface area contributed by atoms with Crippen LogP contribution in [0.2, 0.25) is 0 Å². The molecular weight excluding hydrogens is 295 g/mol. The van der Waals surface area contributed by atoms with E-state index < -0.39 is 20.7 Å². The molecule has 1 aromatic carbocycles. The highest BCUT2D eigenvalue weighted by atomic mass is 32.2. The Morgan fingerprint density at radius 1 is 1.33 bits per heavy atom. The molecule has 1 aromatic rings. The van der Waals surface area contributed by atoms with Crippen LogP contribution in [-0.2, 0) is 14.8 Å². The lowest BCUT2D eigenvalue weighted by Crippen LogP contribution is -2.33. The Morgan fingerprint density at radius 2 is 2.05 bits per heavy atom. The number of anilines is 1. The minimum Gasteiger partial charge on any atom is -0.326 e. The van der Waals surface area contributed by atoms with Gasteiger partial charge in [0.25, 0.3) is 0 Å². The third-order valence-corrected chi connectivity index (χ3v) is 5.11. The molecule has 1 aliphatic rings. The van der Waals surface area contributed by atoms with Crippen LogP contribution in [0.4, 0.5) is 10.1 Å². The second-order valence-electron chi connectivity index (χ2n) is 5.56. The van der Waals surface area contributed by atoms with E-state index in [4.69, 9.17) is 0 Å². The highest BCUT2D eigenvalue weighted by Crippen LogP contribution is 2.27. The van der Waals surface area contributed by atoms with Crippen molar-refractivity contribution in [3.8, 4) is 0 Å². The van der Waals surface area contributed by atoms with Gasteiger partial charge in [-0.05, 0) is 43.4 Å². The van der Waals surface area contributed by atoms with Crippen LogP contribution >= 0.6 is 0 Å². The molecule has 1 amide bonds. The molecule has 0 saturated heterocycles. The van der Waals surface area contributed by atoms with E-state index in [2.05, 4.69) is 17.0 Å². The molecule has 1 saturated carbocycles. The fourth-order valence-electron chi connectivity index (χ4n) is 2.60. The zero-order valence-corrected chi connectivity index (χ0v) is 12.8. The summed E-state index contributed by atoms with van der Waals surface area (Å²) in [5.41, 5.74) is 0.230. The fourth-order valence-corrected chi connectivity index (χ4v) is 3.94. The highest BCUT2D eigenvalue weighted by molar-refractivity contribution is 7.89. The van der Waals surface area contributed by atoms with Gasteiger partial charge >= 0.3 is 0 Å². The molecule has 0 bridgehead atoms. The Morgan fingerprint density at radius 3 is 2.57 bits per heavy atom. The summed E-state index contributed by atoms with van der Waals surface area (Å²) < 4.78 is 40.9. The summed E-state index contributed by atoms with van der Waals surface area (Å²) in [6, 6.07) is 3.41. The molecule has 0 aromatic heterocycles. The molecule has 2 rings (SSSR count). The molecule has 21 heavy (non-hydrogen) atoms. The van der Waals surface area contributed by atoms with E-state index in [-0.39, 0.29) is 17.6 Å². The van der Waals surface area contributed by atoms with Gasteiger partial charge < -0.3 is 5.32 Å². The topological polar surface area (TPSA) is 75.3 Å². The lowest BCUT2D eigenvalue weighted by atomic mass is 10.1. The van der Waals surface area contributed by atoms with Gasteiger partial charge in [0.2, 0.25) is 15.9 Å². The number of carbonyl (C=O) groups is 1. The Bertz CT molecular complexity index is 646. The number of sulfonamides is 1. The van der Waals surface area contributed by atoms with E-state index in [1.807, 2.05) is 0 Å². The SMILES string of the molecule is CC(=O)Nc1ccc(S(=O)(=O)NC2CCC(C)C2)c(F)c1. The maximum atomic E-state index is 14.0. The van der Waals surface area contributed by atoms with Crippen molar-refractivity contribution in [3.63, 3.8) is 0 Å². The molecule has 2 N–H and O–H groups in total. The van der Waals surface area contributed by atoms with E-state index in [9.17, 15) is 17.6 Å².